The van der Waals surface area contributed by atoms with E-state index in [1.807, 2.05) is 24.3 Å². The van der Waals surface area contributed by atoms with Crippen LogP contribution in [0.15, 0.2) is 39.8 Å². The fourth-order valence-electron chi connectivity index (χ4n) is 2.24. The molecule has 0 radical (unpaired) electrons. The van der Waals surface area contributed by atoms with Crippen LogP contribution in [0.1, 0.15) is 34.4 Å². The number of para-hydroxylation sites is 2. The SMILES string of the molecule is CC(=O)c1cc(C#N)c(SCc2nc3ccccc3o2)nc1C. The van der Waals surface area contributed by atoms with Crippen molar-refractivity contribution in [3.8, 4) is 6.07 Å². The summed E-state index contributed by atoms with van der Waals surface area (Å²) in [6.07, 6.45) is 0. The number of hydrogen-bond acceptors (Lipinski definition) is 6. The summed E-state index contributed by atoms with van der Waals surface area (Å²) in [4.78, 5) is 20.3. The first-order valence-electron chi connectivity index (χ1n) is 6.98. The Hall–Kier alpha value is -2.65. The Morgan fingerprint density at radius 2 is 2.13 bits per heavy atom. The molecule has 0 N–H and O–H groups in total. The lowest BCUT2D eigenvalue weighted by Gasteiger charge is -2.06. The number of oxazole rings is 1. The van der Waals surface area contributed by atoms with Crippen molar-refractivity contribution in [1.29, 1.82) is 5.26 Å². The van der Waals surface area contributed by atoms with E-state index < -0.39 is 0 Å². The fraction of sp³-hybridized carbons (Fsp3) is 0.176. The lowest BCUT2D eigenvalue weighted by atomic mass is 10.1. The highest BCUT2D eigenvalue weighted by Crippen LogP contribution is 2.27. The number of nitriles is 1. The number of hydrogen-bond donors (Lipinski definition) is 0. The maximum atomic E-state index is 11.5. The average Bonchev–Trinajstić information content (AvgIpc) is 2.95. The molecule has 2 heterocycles. The van der Waals surface area contributed by atoms with Gasteiger partial charge in [-0.05, 0) is 32.0 Å². The predicted molar refractivity (Wildman–Crippen MR) is 87.3 cm³/mol. The first-order valence-corrected chi connectivity index (χ1v) is 7.97. The standard InChI is InChI=1S/C17H13N3O2S/c1-10-13(11(2)21)7-12(8-18)17(19-10)23-9-16-20-14-5-3-4-6-15(14)22-16/h3-7H,9H2,1-2H3. The summed E-state index contributed by atoms with van der Waals surface area (Å²) < 4.78 is 5.66. The Morgan fingerprint density at radius 3 is 2.83 bits per heavy atom. The minimum atomic E-state index is -0.0954. The van der Waals surface area contributed by atoms with Crippen molar-refractivity contribution in [3.05, 3.63) is 53.0 Å². The zero-order valence-corrected chi connectivity index (χ0v) is 13.5. The lowest BCUT2D eigenvalue weighted by molar-refractivity contribution is 0.101. The van der Waals surface area contributed by atoms with Gasteiger partial charge in [0.25, 0.3) is 0 Å². The summed E-state index contributed by atoms with van der Waals surface area (Å²) in [5.74, 6) is 0.951. The molecule has 0 amide bonds. The van der Waals surface area contributed by atoms with E-state index in [0.717, 1.165) is 11.1 Å². The van der Waals surface area contributed by atoms with Gasteiger partial charge < -0.3 is 4.42 Å². The second kappa shape index (κ2) is 6.23. The monoisotopic (exact) mass is 323 g/mol. The summed E-state index contributed by atoms with van der Waals surface area (Å²) in [7, 11) is 0. The number of ketones is 1. The quantitative estimate of drug-likeness (QED) is 0.535. The molecule has 5 nitrogen and oxygen atoms in total. The van der Waals surface area contributed by atoms with Crippen LogP contribution in [-0.4, -0.2) is 15.8 Å². The Labute approximate surface area is 137 Å². The molecule has 0 aliphatic carbocycles. The summed E-state index contributed by atoms with van der Waals surface area (Å²) in [6, 6.07) is 11.2. The first-order chi connectivity index (χ1) is 11.1. The highest BCUT2D eigenvalue weighted by Gasteiger charge is 2.14. The third-order valence-electron chi connectivity index (χ3n) is 3.35. The Balaban J connectivity index is 1.86. The summed E-state index contributed by atoms with van der Waals surface area (Å²) >= 11 is 1.37. The van der Waals surface area contributed by atoms with Crippen molar-refractivity contribution in [2.45, 2.75) is 24.6 Å². The molecule has 0 spiro atoms. The smallest absolute Gasteiger partial charge is 0.205 e. The van der Waals surface area contributed by atoms with Crippen molar-refractivity contribution < 1.29 is 9.21 Å². The molecule has 6 heteroatoms. The predicted octanol–water partition coefficient (Wildman–Crippen LogP) is 3.90. The van der Waals surface area contributed by atoms with E-state index >= 15 is 0 Å². The number of Topliss-reactive ketones (excluding diaryl/α,β-unsaturated/α-hetero) is 1. The van der Waals surface area contributed by atoms with Crippen LogP contribution in [0.2, 0.25) is 0 Å². The minimum Gasteiger partial charge on any atom is -0.440 e. The van der Waals surface area contributed by atoms with Gasteiger partial charge in [-0.3, -0.25) is 4.79 Å². The average molecular weight is 323 g/mol. The molecule has 0 bridgehead atoms. The molecule has 0 saturated heterocycles. The van der Waals surface area contributed by atoms with Crippen LogP contribution in [0.3, 0.4) is 0 Å². The van der Waals surface area contributed by atoms with E-state index in [4.69, 9.17) is 4.42 Å². The largest absolute Gasteiger partial charge is 0.440 e. The van der Waals surface area contributed by atoms with Crippen LogP contribution in [-0.2, 0) is 5.75 Å². The van der Waals surface area contributed by atoms with Crippen molar-refractivity contribution in [1.82, 2.24) is 9.97 Å². The molecular weight excluding hydrogens is 310 g/mol. The normalized spacial score (nSPS) is 10.7. The number of benzene rings is 1. The number of aromatic nitrogens is 2. The van der Waals surface area contributed by atoms with E-state index in [-0.39, 0.29) is 5.78 Å². The van der Waals surface area contributed by atoms with Crippen molar-refractivity contribution in [2.24, 2.45) is 0 Å². The van der Waals surface area contributed by atoms with Gasteiger partial charge in [0.1, 0.15) is 16.6 Å². The van der Waals surface area contributed by atoms with Crippen molar-refractivity contribution in [2.75, 3.05) is 0 Å². The molecule has 0 atom stereocenters. The third-order valence-corrected chi connectivity index (χ3v) is 4.32. The second-order valence-corrected chi connectivity index (χ2v) is 5.97. The second-order valence-electron chi connectivity index (χ2n) is 5.01. The van der Waals surface area contributed by atoms with Gasteiger partial charge in [-0.1, -0.05) is 23.9 Å². The molecule has 0 aliphatic heterocycles. The van der Waals surface area contributed by atoms with Crippen LogP contribution < -0.4 is 0 Å². The van der Waals surface area contributed by atoms with Crippen molar-refractivity contribution in [3.63, 3.8) is 0 Å². The van der Waals surface area contributed by atoms with Gasteiger partial charge >= 0.3 is 0 Å². The number of fused-ring (bicyclic) bond motifs is 1. The molecule has 3 rings (SSSR count). The van der Waals surface area contributed by atoms with E-state index in [2.05, 4.69) is 16.0 Å². The van der Waals surface area contributed by atoms with Gasteiger partial charge in [0.2, 0.25) is 5.89 Å². The molecule has 0 fully saturated rings. The summed E-state index contributed by atoms with van der Waals surface area (Å²) in [5.41, 5.74) is 3.03. The van der Waals surface area contributed by atoms with Crippen LogP contribution in [0.4, 0.5) is 0 Å². The summed E-state index contributed by atoms with van der Waals surface area (Å²) in [6.45, 7) is 3.23. The molecule has 0 saturated carbocycles. The van der Waals surface area contributed by atoms with Gasteiger partial charge in [0, 0.05) is 11.3 Å². The number of thioether (sulfide) groups is 1. The highest BCUT2D eigenvalue weighted by atomic mass is 32.2. The molecule has 114 valence electrons. The number of rotatable bonds is 4. The van der Waals surface area contributed by atoms with Crippen LogP contribution in [0.5, 0.6) is 0 Å². The van der Waals surface area contributed by atoms with Gasteiger partial charge in [-0.25, -0.2) is 9.97 Å². The summed E-state index contributed by atoms with van der Waals surface area (Å²) in [5, 5.41) is 9.85. The Morgan fingerprint density at radius 1 is 1.35 bits per heavy atom. The van der Waals surface area contributed by atoms with Gasteiger partial charge in [-0.15, -0.1) is 0 Å². The van der Waals surface area contributed by atoms with Crippen LogP contribution in [0.25, 0.3) is 11.1 Å². The van der Waals surface area contributed by atoms with Crippen molar-refractivity contribution >= 4 is 28.6 Å². The molecule has 1 aromatic carbocycles. The minimum absolute atomic E-state index is 0.0954. The van der Waals surface area contributed by atoms with E-state index in [1.165, 1.54) is 18.7 Å². The van der Waals surface area contributed by atoms with E-state index in [0.29, 0.717) is 33.5 Å². The Bertz CT molecular complexity index is 908. The van der Waals surface area contributed by atoms with E-state index in [9.17, 15) is 10.1 Å². The third kappa shape index (κ3) is 3.10. The molecule has 2 aromatic heterocycles. The van der Waals surface area contributed by atoms with Gasteiger partial charge in [0.15, 0.2) is 11.4 Å². The van der Waals surface area contributed by atoms with Gasteiger partial charge in [0.05, 0.1) is 11.3 Å². The first kappa shape index (κ1) is 15.3. The molecule has 3 aromatic rings. The number of aryl methyl sites for hydroxylation is 1. The van der Waals surface area contributed by atoms with Gasteiger partial charge in [-0.2, -0.15) is 5.26 Å². The topological polar surface area (TPSA) is 79.8 Å². The maximum Gasteiger partial charge on any atom is 0.205 e. The highest BCUT2D eigenvalue weighted by molar-refractivity contribution is 7.98. The van der Waals surface area contributed by atoms with Crippen LogP contribution >= 0.6 is 11.8 Å². The number of carbonyl (C=O) groups excluding carboxylic acids is 1. The molecular formula is C17H13N3O2S. The zero-order valence-electron chi connectivity index (χ0n) is 12.7. The molecule has 23 heavy (non-hydrogen) atoms. The van der Waals surface area contributed by atoms with E-state index in [1.54, 1.807) is 13.0 Å². The zero-order chi connectivity index (χ0) is 16.4. The van der Waals surface area contributed by atoms with Crippen LogP contribution in [0, 0.1) is 18.3 Å². The molecule has 0 aliphatic rings. The lowest BCUT2D eigenvalue weighted by Crippen LogP contribution is -2.02. The number of nitrogens with zero attached hydrogens (tertiary/aromatic N) is 3. The molecule has 0 unspecified atom stereocenters. The number of carbonyl (C=O) groups is 1. The number of pyridine rings is 1. The fourth-order valence-corrected chi connectivity index (χ4v) is 3.09. The Kier molecular flexibility index (Phi) is 4.13. The maximum absolute atomic E-state index is 11.5.